The smallest absolute Gasteiger partial charge is 0.322 e. The first-order chi connectivity index (χ1) is 12.5. The standard InChI is InChI=1S/C15H4F8O4/c16-4-1-5(17)11(21)14(10(4)20)26-8(24)3-9(25)27-15-12(22)6(18)2-7(19)13(15)23/h1-2H,3H2. The Morgan fingerprint density at radius 3 is 1.11 bits per heavy atom. The minimum atomic E-state index is -2.10. The lowest BCUT2D eigenvalue weighted by Crippen LogP contribution is -2.20. The predicted molar refractivity (Wildman–Crippen MR) is 68.4 cm³/mol. The Morgan fingerprint density at radius 1 is 0.593 bits per heavy atom. The van der Waals surface area contributed by atoms with Crippen LogP contribution in [0, 0.1) is 46.5 Å². The fourth-order valence-corrected chi connectivity index (χ4v) is 1.70. The Kier molecular flexibility index (Phi) is 5.66. The summed E-state index contributed by atoms with van der Waals surface area (Å²) in [6.07, 6.45) is -1.59. The van der Waals surface area contributed by atoms with E-state index in [0.29, 0.717) is 0 Å². The van der Waals surface area contributed by atoms with Gasteiger partial charge < -0.3 is 9.47 Å². The Morgan fingerprint density at radius 2 is 0.852 bits per heavy atom. The molecule has 144 valence electrons. The zero-order valence-corrected chi connectivity index (χ0v) is 12.5. The van der Waals surface area contributed by atoms with E-state index in [0.717, 1.165) is 0 Å². The number of hydrogen-bond acceptors (Lipinski definition) is 4. The first-order valence-corrected chi connectivity index (χ1v) is 6.60. The summed E-state index contributed by atoms with van der Waals surface area (Å²) >= 11 is 0. The van der Waals surface area contributed by atoms with Crippen LogP contribution in [0.5, 0.6) is 11.5 Å². The van der Waals surface area contributed by atoms with Crippen LogP contribution in [0.2, 0.25) is 0 Å². The van der Waals surface area contributed by atoms with E-state index in [-0.39, 0.29) is 12.1 Å². The molecule has 0 aliphatic carbocycles. The fourth-order valence-electron chi connectivity index (χ4n) is 1.70. The van der Waals surface area contributed by atoms with E-state index in [1.807, 2.05) is 0 Å². The van der Waals surface area contributed by atoms with Crippen LogP contribution in [0.15, 0.2) is 12.1 Å². The van der Waals surface area contributed by atoms with Crippen molar-refractivity contribution >= 4 is 11.9 Å². The van der Waals surface area contributed by atoms with Gasteiger partial charge in [-0.2, -0.15) is 17.6 Å². The van der Waals surface area contributed by atoms with Gasteiger partial charge in [0.25, 0.3) is 0 Å². The van der Waals surface area contributed by atoms with Gasteiger partial charge in [-0.3, -0.25) is 9.59 Å². The molecule has 0 fully saturated rings. The van der Waals surface area contributed by atoms with E-state index < -0.39 is 76.4 Å². The van der Waals surface area contributed by atoms with E-state index in [4.69, 9.17) is 0 Å². The quantitative estimate of drug-likeness (QED) is 0.258. The van der Waals surface area contributed by atoms with Crippen molar-refractivity contribution in [1.82, 2.24) is 0 Å². The van der Waals surface area contributed by atoms with E-state index in [9.17, 15) is 44.7 Å². The third-order valence-electron chi connectivity index (χ3n) is 2.86. The maximum Gasteiger partial charge on any atom is 0.322 e. The molecule has 2 aromatic rings. The summed E-state index contributed by atoms with van der Waals surface area (Å²) in [7, 11) is 0. The number of rotatable bonds is 4. The molecule has 0 saturated heterocycles. The minimum Gasteiger partial charge on any atom is -0.420 e. The third-order valence-corrected chi connectivity index (χ3v) is 2.86. The SMILES string of the molecule is O=C(CC(=O)Oc1c(F)c(F)cc(F)c1F)Oc1c(F)c(F)cc(F)c1F. The second-order valence-corrected chi connectivity index (χ2v) is 4.72. The lowest BCUT2D eigenvalue weighted by atomic mass is 10.3. The number of ether oxygens (including phenoxy) is 2. The molecular formula is C15H4F8O4. The Balaban J connectivity index is 2.16. The second-order valence-electron chi connectivity index (χ2n) is 4.72. The molecule has 0 N–H and O–H groups in total. The van der Waals surface area contributed by atoms with Gasteiger partial charge in [0.05, 0.1) is 0 Å². The van der Waals surface area contributed by atoms with Crippen molar-refractivity contribution in [2.45, 2.75) is 6.42 Å². The van der Waals surface area contributed by atoms with Crippen LogP contribution >= 0.6 is 0 Å². The van der Waals surface area contributed by atoms with Crippen molar-refractivity contribution in [1.29, 1.82) is 0 Å². The highest BCUT2D eigenvalue weighted by atomic mass is 19.2. The molecule has 27 heavy (non-hydrogen) atoms. The van der Waals surface area contributed by atoms with Gasteiger partial charge in [0.15, 0.2) is 23.3 Å². The van der Waals surface area contributed by atoms with Crippen molar-refractivity contribution in [3.05, 3.63) is 58.7 Å². The Bertz CT molecular complexity index is 816. The van der Waals surface area contributed by atoms with Crippen molar-refractivity contribution in [2.75, 3.05) is 0 Å². The van der Waals surface area contributed by atoms with Gasteiger partial charge in [-0.25, -0.2) is 17.6 Å². The summed E-state index contributed by atoms with van der Waals surface area (Å²) in [6, 6.07) is -0.360. The van der Waals surface area contributed by atoms with Gasteiger partial charge in [0.2, 0.25) is 34.8 Å². The molecule has 0 aliphatic rings. The summed E-state index contributed by atoms with van der Waals surface area (Å²) in [4.78, 5) is 22.8. The lowest BCUT2D eigenvalue weighted by molar-refractivity contribution is -0.144. The van der Waals surface area contributed by atoms with Crippen LogP contribution in [-0.2, 0) is 9.59 Å². The van der Waals surface area contributed by atoms with Gasteiger partial charge in [-0.15, -0.1) is 0 Å². The number of benzene rings is 2. The van der Waals surface area contributed by atoms with Crippen molar-refractivity contribution < 1.29 is 54.2 Å². The van der Waals surface area contributed by atoms with Crippen LogP contribution in [0.3, 0.4) is 0 Å². The number of hydrogen-bond donors (Lipinski definition) is 0. The summed E-state index contributed by atoms with van der Waals surface area (Å²) in [5, 5.41) is 0. The van der Waals surface area contributed by atoms with Gasteiger partial charge in [-0.1, -0.05) is 0 Å². The molecule has 0 aromatic heterocycles. The topological polar surface area (TPSA) is 52.6 Å². The Labute approximate surface area is 143 Å². The number of halogens is 8. The lowest BCUT2D eigenvalue weighted by Gasteiger charge is -2.09. The number of esters is 2. The van der Waals surface area contributed by atoms with Crippen molar-refractivity contribution in [2.24, 2.45) is 0 Å². The summed E-state index contributed by atoms with van der Waals surface area (Å²) in [5.74, 6) is -23.4. The minimum absolute atomic E-state index is 0.180. The van der Waals surface area contributed by atoms with Gasteiger partial charge in [0, 0.05) is 12.1 Å². The van der Waals surface area contributed by atoms with Gasteiger partial charge >= 0.3 is 11.9 Å². The number of carbonyl (C=O) groups excluding carboxylic acids is 2. The number of carbonyl (C=O) groups is 2. The molecule has 4 nitrogen and oxygen atoms in total. The largest absolute Gasteiger partial charge is 0.420 e. The van der Waals surface area contributed by atoms with Crippen molar-refractivity contribution in [3.8, 4) is 11.5 Å². The fraction of sp³-hybridized carbons (Fsp3) is 0.0667. The van der Waals surface area contributed by atoms with E-state index in [1.54, 1.807) is 0 Å². The molecule has 0 atom stereocenters. The van der Waals surface area contributed by atoms with Crippen LogP contribution in [0.25, 0.3) is 0 Å². The average Bonchev–Trinajstić information content (AvgIpc) is 2.59. The molecule has 0 spiro atoms. The summed E-state index contributed by atoms with van der Waals surface area (Å²) in [5.41, 5.74) is 0. The Hall–Kier alpha value is -3.18. The molecule has 0 amide bonds. The third kappa shape index (κ3) is 4.15. The molecule has 0 bridgehead atoms. The van der Waals surface area contributed by atoms with Crippen LogP contribution < -0.4 is 9.47 Å². The van der Waals surface area contributed by atoms with Gasteiger partial charge in [0.1, 0.15) is 6.42 Å². The first-order valence-electron chi connectivity index (χ1n) is 6.60. The van der Waals surface area contributed by atoms with Crippen LogP contribution in [0.1, 0.15) is 6.42 Å². The highest BCUT2D eigenvalue weighted by Gasteiger charge is 2.27. The normalized spacial score (nSPS) is 10.7. The van der Waals surface area contributed by atoms with Gasteiger partial charge in [-0.05, 0) is 0 Å². The second kappa shape index (κ2) is 7.60. The molecule has 0 aliphatic heterocycles. The van der Waals surface area contributed by atoms with E-state index >= 15 is 0 Å². The predicted octanol–water partition coefficient (Wildman–Crippen LogP) is 3.70. The van der Waals surface area contributed by atoms with E-state index in [1.165, 1.54) is 0 Å². The molecule has 0 unspecified atom stereocenters. The molecule has 12 heteroatoms. The molecule has 0 saturated carbocycles. The zero-order valence-electron chi connectivity index (χ0n) is 12.5. The highest BCUT2D eigenvalue weighted by Crippen LogP contribution is 2.28. The highest BCUT2D eigenvalue weighted by molar-refractivity contribution is 5.93. The molecule has 2 aromatic carbocycles. The monoisotopic (exact) mass is 400 g/mol. The maximum atomic E-state index is 13.3. The zero-order chi connectivity index (χ0) is 20.5. The van der Waals surface area contributed by atoms with E-state index in [2.05, 4.69) is 9.47 Å². The summed E-state index contributed by atoms with van der Waals surface area (Å²) in [6.45, 7) is 0. The van der Waals surface area contributed by atoms with Crippen LogP contribution in [-0.4, -0.2) is 11.9 Å². The average molecular weight is 400 g/mol. The van der Waals surface area contributed by atoms with Crippen LogP contribution in [0.4, 0.5) is 35.1 Å². The summed E-state index contributed by atoms with van der Waals surface area (Å²) < 4.78 is 113. The van der Waals surface area contributed by atoms with Crippen molar-refractivity contribution in [3.63, 3.8) is 0 Å². The molecular weight excluding hydrogens is 396 g/mol. The molecule has 2 rings (SSSR count). The molecule has 0 heterocycles. The molecule has 0 radical (unpaired) electrons. The maximum absolute atomic E-state index is 13.3. The first kappa shape index (κ1) is 20.1.